The molecule has 2 nitrogen and oxygen atoms in total. The Morgan fingerprint density at radius 2 is 1.89 bits per heavy atom. The van der Waals surface area contributed by atoms with Crippen LogP contribution in [0.3, 0.4) is 0 Å². The van der Waals surface area contributed by atoms with Crippen molar-refractivity contribution >= 4 is 0 Å². The van der Waals surface area contributed by atoms with Crippen LogP contribution in [0.2, 0.25) is 0 Å². The van der Waals surface area contributed by atoms with Crippen molar-refractivity contribution in [2.24, 2.45) is 23.7 Å². The van der Waals surface area contributed by atoms with E-state index in [9.17, 15) is 0 Å². The maximum atomic E-state index is 3.78. The smallest absolute Gasteiger partial charge is 0.00730 e. The molecule has 0 aromatic rings. The van der Waals surface area contributed by atoms with Crippen LogP contribution in [0.4, 0.5) is 0 Å². The average molecular weight is 266 g/mol. The standard InChI is InChI=1S/C17H34N2/c1-5-14-8-13(4)19-11-16(14)10-17-9-15(12(2)3)6-7-18-17/h12-19H,5-11H2,1-4H3/t13-,14-,15-,16?,17+/m1/s1. The first kappa shape index (κ1) is 15.3. The molecule has 2 aliphatic heterocycles. The predicted octanol–water partition coefficient (Wildman–Crippen LogP) is 3.42. The average Bonchev–Trinajstić information content (AvgIpc) is 2.41. The van der Waals surface area contributed by atoms with E-state index in [4.69, 9.17) is 0 Å². The molecular weight excluding hydrogens is 232 g/mol. The zero-order valence-electron chi connectivity index (χ0n) is 13.4. The molecule has 2 saturated heterocycles. The van der Waals surface area contributed by atoms with E-state index in [0.717, 1.165) is 35.8 Å². The third-order valence-corrected chi connectivity index (χ3v) is 5.64. The van der Waals surface area contributed by atoms with Crippen molar-refractivity contribution in [2.75, 3.05) is 13.1 Å². The van der Waals surface area contributed by atoms with E-state index in [1.807, 2.05) is 0 Å². The van der Waals surface area contributed by atoms with Crippen LogP contribution in [0.15, 0.2) is 0 Å². The molecule has 2 heteroatoms. The summed E-state index contributed by atoms with van der Waals surface area (Å²) in [6, 6.07) is 1.50. The number of piperidine rings is 2. The molecule has 0 bridgehead atoms. The van der Waals surface area contributed by atoms with Crippen molar-refractivity contribution in [1.82, 2.24) is 10.6 Å². The Bertz CT molecular complexity index is 264. The summed E-state index contributed by atoms with van der Waals surface area (Å²) in [5.74, 6) is 3.64. The molecule has 0 spiro atoms. The number of hydrogen-bond acceptors (Lipinski definition) is 2. The molecule has 2 N–H and O–H groups in total. The van der Waals surface area contributed by atoms with Gasteiger partial charge in [-0.05, 0) is 69.4 Å². The molecular formula is C17H34N2. The molecule has 0 aromatic heterocycles. The summed E-state index contributed by atoms with van der Waals surface area (Å²) >= 11 is 0. The summed E-state index contributed by atoms with van der Waals surface area (Å²) in [4.78, 5) is 0. The Kier molecular flexibility index (Phi) is 5.70. The Morgan fingerprint density at radius 1 is 1.11 bits per heavy atom. The molecule has 2 rings (SSSR count). The number of hydrogen-bond donors (Lipinski definition) is 2. The molecule has 2 aliphatic rings. The van der Waals surface area contributed by atoms with Crippen LogP contribution in [-0.2, 0) is 0 Å². The maximum absolute atomic E-state index is 3.78. The number of nitrogens with one attached hydrogen (secondary N) is 2. The lowest BCUT2D eigenvalue weighted by atomic mass is 9.75. The van der Waals surface area contributed by atoms with Crippen molar-refractivity contribution < 1.29 is 0 Å². The van der Waals surface area contributed by atoms with Crippen molar-refractivity contribution in [3.8, 4) is 0 Å². The van der Waals surface area contributed by atoms with Gasteiger partial charge in [-0.25, -0.2) is 0 Å². The molecule has 0 aliphatic carbocycles. The van der Waals surface area contributed by atoms with Gasteiger partial charge in [0.15, 0.2) is 0 Å². The van der Waals surface area contributed by atoms with E-state index in [1.165, 1.54) is 45.2 Å². The normalized spacial score (nSPS) is 40.6. The van der Waals surface area contributed by atoms with E-state index in [0.29, 0.717) is 0 Å². The van der Waals surface area contributed by atoms with Gasteiger partial charge < -0.3 is 10.6 Å². The van der Waals surface area contributed by atoms with Gasteiger partial charge in [0.25, 0.3) is 0 Å². The first-order chi connectivity index (χ1) is 9.10. The van der Waals surface area contributed by atoms with Crippen LogP contribution in [0.5, 0.6) is 0 Å². The maximum Gasteiger partial charge on any atom is 0.00730 e. The van der Waals surface area contributed by atoms with Crippen LogP contribution < -0.4 is 10.6 Å². The van der Waals surface area contributed by atoms with Gasteiger partial charge in [-0.2, -0.15) is 0 Å². The van der Waals surface area contributed by atoms with E-state index in [1.54, 1.807) is 0 Å². The van der Waals surface area contributed by atoms with Crippen molar-refractivity contribution in [2.45, 2.75) is 71.9 Å². The van der Waals surface area contributed by atoms with E-state index >= 15 is 0 Å². The van der Waals surface area contributed by atoms with E-state index in [2.05, 4.69) is 38.3 Å². The molecule has 0 saturated carbocycles. The predicted molar refractivity (Wildman–Crippen MR) is 83.3 cm³/mol. The fraction of sp³-hybridized carbons (Fsp3) is 1.00. The lowest BCUT2D eigenvalue weighted by Crippen LogP contribution is -2.47. The Morgan fingerprint density at radius 3 is 2.58 bits per heavy atom. The van der Waals surface area contributed by atoms with E-state index < -0.39 is 0 Å². The largest absolute Gasteiger partial charge is 0.314 e. The Labute approximate surface area is 120 Å². The number of rotatable bonds is 4. The second kappa shape index (κ2) is 7.08. The minimum atomic E-state index is 0.726. The van der Waals surface area contributed by atoms with Crippen LogP contribution in [0.25, 0.3) is 0 Å². The first-order valence-electron chi connectivity index (χ1n) is 8.56. The fourth-order valence-corrected chi connectivity index (χ4v) is 4.21. The summed E-state index contributed by atoms with van der Waals surface area (Å²) in [6.45, 7) is 12.0. The van der Waals surface area contributed by atoms with Gasteiger partial charge in [-0.15, -0.1) is 0 Å². The van der Waals surface area contributed by atoms with Crippen LogP contribution in [0, 0.1) is 23.7 Å². The molecule has 0 amide bonds. The van der Waals surface area contributed by atoms with Gasteiger partial charge >= 0.3 is 0 Å². The highest BCUT2D eigenvalue weighted by Crippen LogP contribution is 2.32. The molecule has 1 unspecified atom stereocenters. The quantitative estimate of drug-likeness (QED) is 0.814. The molecule has 19 heavy (non-hydrogen) atoms. The second-order valence-corrected chi connectivity index (χ2v) is 7.39. The zero-order valence-corrected chi connectivity index (χ0v) is 13.4. The monoisotopic (exact) mass is 266 g/mol. The summed E-state index contributed by atoms with van der Waals surface area (Å²) in [7, 11) is 0. The third kappa shape index (κ3) is 4.19. The van der Waals surface area contributed by atoms with Gasteiger partial charge in [0, 0.05) is 12.1 Å². The summed E-state index contributed by atoms with van der Waals surface area (Å²) < 4.78 is 0. The topological polar surface area (TPSA) is 24.1 Å². The summed E-state index contributed by atoms with van der Waals surface area (Å²) in [5.41, 5.74) is 0. The van der Waals surface area contributed by atoms with E-state index in [-0.39, 0.29) is 0 Å². The van der Waals surface area contributed by atoms with Crippen molar-refractivity contribution in [1.29, 1.82) is 0 Å². The minimum Gasteiger partial charge on any atom is -0.314 e. The van der Waals surface area contributed by atoms with Crippen molar-refractivity contribution in [3.63, 3.8) is 0 Å². The summed E-state index contributed by atoms with van der Waals surface area (Å²) in [5, 5.41) is 7.47. The second-order valence-electron chi connectivity index (χ2n) is 7.39. The molecule has 0 radical (unpaired) electrons. The summed E-state index contributed by atoms with van der Waals surface area (Å²) in [6.07, 6.45) is 6.91. The molecule has 5 atom stereocenters. The highest BCUT2D eigenvalue weighted by atomic mass is 14.9. The Hall–Kier alpha value is -0.0800. The van der Waals surface area contributed by atoms with Gasteiger partial charge in [0.1, 0.15) is 0 Å². The molecule has 0 aromatic carbocycles. The highest BCUT2D eigenvalue weighted by Gasteiger charge is 2.31. The first-order valence-corrected chi connectivity index (χ1v) is 8.56. The van der Waals surface area contributed by atoms with Gasteiger partial charge in [-0.3, -0.25) is 0 Å². The highest BCUT2D eigenvalue weighted by molar-refractivity contribution is 4.87. The fourth-order valence-electron chi connectivity index (χ4n) is 4.21. The SMILES string of the molecule is CC[C@@H]1C[C@@H](C)NCC1C[C@@H]1C[C@H](C(C)C)CCN1. The molecule has 112 valence electrons. The zero-order chi connectivity index (χ0) is 13.8. The van der Waals surface area contributed by atoms with Crippen LogP contribution in [-0.4, -0.2) is 25.2 Å². The third-order valence-electron chi connectivity index (χ3n) is 5.64. The van der Waals surface area contributed by atoms with Crippen LogP contribution in [0.1, 0.15) is 59.8 Å². The molecule has 2 fully saturated rings. The Balaban J connectivity index is 1.85. The van der Waals surface area contributed by atoms with Crippen molar-refractivity contribution in [3.05, 3.63) is 0 Å². The minimum absolute atomic E-state index is 0.726. The lowest BCUT2D eigenvalue weighted by molar-refractivity contribution is 0.157. The van der Waals surface area contributed by atoms with Gasteiger partial charge in [0.2, 0.25) is 0 Å². The lowest BCUT2D eigenvalue weighted by Gasteiger charge is -2.40. The van der Waals surface area contributed by atoms with Crippen LogP contribution >= 0.6 is 0 Å². The van der Waals surface area contributed by atoms with Gasteiger partial charge in [0.05, 0.1) is 0 Å². The van der Waals surface area contributed by atoms with Gasteiger partial charge in [-0.1, -0.05) is 27.2 Å². The molecule has 2 heterocycles.